The topological polar surface area (TPSA) is 124 Å². The Kier molecular flexibility index (Phi) is 5.21. The third kappa shape index (κ3) is 3.88. The first-order chi connectivity index (χ1) is 14.4. The van der Waals surface area contributed by atoms with Crippen molar-refractivity contribution in [3.05, 3.63) is 74.4 Å². The summed E-state index contributed by atoms with van der Waals surface area (Å²) in [4.78, 5) is 40.1. The number of likely N-dealkylation sites (tertiary alicyclic amines) is 1. The zero-order chi connectivity index (χ0) is 21.3. The Morgan fingerprint density at radius 2 is 1.93 bits per heavy atom. The largest absolute Gasteiger partial charge is 0.494 e. The Morgan fingerprint density at radius 1 is 1.20 bits per heavy atom. The van der Waals surface area contributed by atoms with E-state index in [1.807, 2.05) is 0 Å². The van der Waals surface area contributed by atoms with Gasteiger partial charge in [-0.25, -0.2) is 18.9 Å². The molecule has 0 radical (unpaired) electrons. The smallest absolute Gasteiger partial charge is 0.348 e. The Hall–Kier alpha value is -3.69. The van der Waals surface area contributed by atoms with E-state index >= 15 is 0 Å². The number of hydrogen-bond acceptors (Lipinski definition) is 5. The normalized spacial score (nSPS) is 14.8. The van der Waals surface area contributed by atoms with Crippen molar-refractivity contribution in [3.8, 4) is 11.6 Å². The Balaban J connectivity index is 1.45. The molecule has 0 saturated carbocycles. The van der Waals surface area contributed by atoms with Crippen molar-refractivity contribution in [1.82, 2.24) is 24.6 Å². The molecule has 30 heavy (non-hydrogen) atoms. The average Bonchev–Trinajstić information content (AvgIpc) is 3.07. The molecule has 3 N–H and O–H groups in total. The van der Waals surface area contributed by atoms with Crippen LogP contribution in [0.2, 0.25) is 0 Å². The van der Waals surface area contributed by atoms with Gasteiger partial charge in [-0.15, -0.1) is 0 Å². The number of aromatic amines is 2. The third-order valence-electron chi connectivity index (χ3n) is 5.29. The Labute approximate surface area is 169 Å². The van der Waals surface area contributed by atoms with Gasteiger partial charge in [0, 0.05) is 31.6 Å². The van der Waals surface area contributed by atoms with Crippen LogP contribution in [0.1, 0.15) is 29.0 Å². The molecule has 2 aromatic heterocycles. The number of carbonyl (C=O) groups is 1. The number of carbonyl (C=O) groups excluding carboxylic acids is 1. The van der Waals surface area contributed by atoms with Gasteiger partial charge in [-0.2, -0.15) is 5.10 Å². The number of aromatic hydroxyl groups is 1. The SMILES string of the molecule is O=C(c1cc(O)[nH]c(=O)c1)N1CCC(Cc2n[nH]c(=O)n2-c2ccccc2F)CC1. The standard InChI is InChI=1S/C20H20FN5O4/c21-14-3-1-2-4-15(14)26-16(23-24-20(26)30)9-12-5-7-25(8-6-12)19(29)13-10-17(27)22-18(28)11-13/h1-4,10-12H,5-9H2,(H,24,30)(H2,22,27,28). The number of nitrogens with one attached hydrogen (secondary N) is 2. The predicted molar refractivity (Wildman–Crippen MR) is 105 cm³/mol. The van der Waals surface area contributed by atoms with Crippen LogP contribution in [0, 0.1) is 11.7 Å². The number of H-pyrrole nitrogens is 2. The minimum Gasteiger partial charge on any atom is -0.494 e. The molecule has 1 aliphatic rings. The van der Waals surface area contributed by atoms with Gasteiger partial charge >= 0.3 is 5.69 Å². The lowest BCUT2D eigenvalue weighted by Crippen LogP contribution is -2.39. The number of para-hydroxylation sites is 1. The van der Waals surface area contributed by atoms with Crippen molar-refractivity contribution >= 4 is 5.91 Å². The minimum absolute atomic E-state index is 0.135. The lowest BCUT2D eigenvalue weighted by atomic mass is 9.93. The average molecular weight is 413 g/mol. The monoisotopic (exact) mass is 413 g/mol. The van der Waals surface area contributed by atoms with Gasteiger partial charge in [0.2, 0.25) is 0 Å². The third-order valence-corrected chi connectivity index (χ3v) is 5.29. The van der Waals surface area contributed by atoms with Crippen LogP contribution in [-0.2, 0) is 6.42 Å². The number of rotatable bonds is 4. The fourth-order valence-electron chi connectivity index (χ4n) is 3.78. The van der Waals surface area contributed by atoms with E-state index in [4.69, 9.17) is 0 Å². The first-order valence-electron chi connectivity index (χ1n) is 9.56. The molecule has 1 amide bonds. The van der Waals surface area contributed by atoms with Crippen molar-refractivity contribution in [2.24, 2.45) is 5.92 Å². The summed E-state index contributed by atoms with van der Waals surface area (Å²) in [5, 5.41) is 15.9. The Morgan fingerprint density at radius 3 is 2.63 bits per heavy atom. The second kappa shape index (κ2) is 7.97. The fourth-order valence-corrected chi connectivity index (χ4v) is 3.78. The number of pyridine rings is 1. The molecule has 0 atom stereocenters. The Bertz CT molecular complexity index is 1190. The number of benzene rings is 1. The van der Waals surface area contributed by atoms with Crippen molar-refractivity contribution in [2.75, 3.05) is 13.1 Å². The van der Waals surface area contributed by atoms with Gasteiger partial charge < -0.3 is 10.0 Å². The zero-order valence-corrected chi connectivity index (χ0v) is 16.0. The van der Waals surface area contributed by atoms with Gasteiger partial charge in [-0.3, -0.25) is 14.6 Å². The molecule has 0 spiro atoms. The summed E-state index contributed by atoms with van der Waals surface area (Å²) in [7, 11) is 0. The van der Waals surface area contributed by atoms with E-state index in [1.165, 1.54) is 22.8 Å². The molecule has 9 nitrogen and oxygen atoms in total. The highest BCUT2D eigenvalue weighted by Crippen LogP contribution is 2.23. The summed E-state index contributed by atoms with van der Waals surface area (Å²) in [5.74, 6) is -0.594. The van der Waals surface area contributed by atoms with Crippen molar-refractivity contribution in [1.29, 1.82) is 0 Å². The number of aromatic nitrogens is 4. The maximum atomic E-state index is 14.2. The number of hydrogen-bond donors (Lipinski definition) is 3. The minimum atomic E-state index is -0.544. The highest BCUT2D eigenvalue weighted by molar-refractivity contribution is 5.94. The number of amides is 1. The van der Waals surface area contributed by atoms with Crippen LogP contribution in [0.3, 0.4) is 0 Å². The number of piperidine rings is 1. The summed E-state index contributed by atoms with van der Waals surface area (Å²) in [6.45, 7) is 0.927. The summed E-state index contributed by atoms with van der Waals surface area (Å²) >= 11 is 0. The second-order valence-corrected chi connectivity index (χ2v) is 7.29. The first-order valence-corrected chi connectivity index (χ1v) is 9.56. The van der Waals surface area contributed by atoms with E-state index in [2.05, 4.69) is 15.2 Å². The molecule has 0 unspecified atom stereocenters. The molecule has 1 fully saturated rings. The van der Waals surface area contributed by atoms with Gasteiger partial charge in [0.25, 0.3) is 11.5 Å². The van der Waals surface area contributed by atoms with E-state index in [0.717, 1.165) is 6.07 Å². The quantitative estimate of drug-likeness (QED) is 0.593. The van der Waals surface area contributed by atoms with Gasteiger partial charge in [0.15, 0.2) is 5.88 Å². The number of halogens is 1. The lowest BCUT2D eigenvalue weighted by Gasteiger charge is -2.32. The molecule has 10 heteroatoms. The summed E-state index contributed by atoms with van der Waals surface area (Å²) in [6, 6.07) is 8.40. The molecular weight excluding hydrogens is 393 g/mol. The van der Waals surface area contributed by atoms with Crippen LogP contribution in [0.25, 0.3) is 5.69 Å². The molecule has 3 heterocycles. The van der Waals surface area contributed by atoms with Gasteiger partial charge in [0.1, 0.15) is 11.6 Å². The molecule has 156 valence electrons. The molecule has 1 aliphatic heterocycles. The van der Waals surface area contributed by atoms with Crippen molar-refractivity contribution < 1.29 is 14.3 Å². The second-order valence-electron chi connectivity index (χ2n) is 7.29. The molecule has 1 saturated heterocycles. The van der Waals surface area contributed by atoms with E-state index in [0.29, 0.717) is 38.2 Å². The van der Waals surface area contributed by atoms with Crippen LogP contribution in [0.5, 0.6) is 5.88 Å². The summed E-state index contributed by atoms with van der Waals surface area (Å²) in [6.07, 6.45) is 1.79. The van der Waals surface area contributed by atoms with Crippen molar-refractivity contribution in [3.63, 3.8) is 0 Å². The van der Waals surface area contributed by atoms with Gasteiger partial charge in [-0.05, 0) is 30.9 Å². The first kappa shape index (κ1) is 19.6. The van der Waals surface area contributed by atoms with Crippen LogP contribution in [-0.4, -0.2) is 48.8 Å². The van der Waals surface area contributed by atoms with Gasteiger partial charge in [-0.1, -0.05) is 12.1 Å². The molecular formula is C20H20FN5O4. The molecule has 0 bridgehead atoms. The maximum absolute atomic E-state index is 14.2. The summed E-state index contributed by atoms with van der Waals surface area (Å²) < 4.78 is 15.4. The van der Waals surface area contributed by atoms with E-state index < -0.39 is 17.1 Å². The highest BCUT2D eigenvalue weighted by Gasteiger charge is 2.26. The van der Waals surface area contributed by atoms with E-state index in [9.17, 15) is 23.9 Å². The van der Waals surface area contributed by atoms with Crippen LogP contribution in [0.4, 0.5) is 4.39 Å². The molecule has 1 aromatic carbocycles. The van der Waals surface area contributed by atoms with Crippen molar-refractivity contribution in [2.45, 2.75) is 19.3 Å². The predicted octanol–water partition coefficient (Wildman–Crippen LogP) is 1.19. The van der Waals surface area contributed by atoms with Crippen LogP contribution >= 0.6 is 0 Å². The van der Waals surface area contributed by atoms with E-state index in [1.54, 1.807) is 17.0 Å². The molecule has 4 rings (SSSR count). The zero-order valence-electron chi connectivity index (χ0n) is 16.0. The molecule has 0 aliphatic carbocycles. The van der Waals surface area contributed by atoms with Gasteiger partial charge in [0.05, 0.1) is 11.3 Å². The van der Waals surface area contributed by atoms with E-state index in [-0.39, 0.29) is 29.0 Å². The molecule has 3 aromatic rings. The highest BCUT2D eigenvalue weighted by atomic mass is 19.1. The lowest BCUT2D eigenvalue weighted by molar-refractivity contribution is 0.0689. The fraction of sp³-hybridized carbons (Fsp3) is 0.300. The van der Waals surface area contributed by atoms with Crippen LogP contribution in [0.15, 0.2) is 46.0 Å². The van der Waals surface area contributed by atoms with Crippen LogP contribution < -0.4 is 11.2 Å². The maximum Gasteiger partial charge on any atom is 0.348 e. The number of nitrogens with zero attached hydrogens (tertiary/aromatic N) is 3. The summed E-state index contributed by atoms with van der Waals surface area (Å²) in [5.41, 5.74) is -0.766.